The molecule has 0 radical (unpaired) electrons. The van der Waals surface area contributed by atoms with E-state index in [1.807, 2.05) is 74.5 Å². The van der Waals surface area contributed by atoms with Crippen molar-refractivity contribution in [3.8, 4) is 0 Å². The van der Waals surface area contributed by atoms with Gasteiger partial charge in [0.2, 0.25) is 11.8 Å². The van der Waals surface area contributed by atoms with Crippen molar-refractivity contribution in [3.05, 3.63) is 71.8 Å². The molecule has 0 fully saturated rings. The van der Waals surface area contributed by atoms with Crippen molar-refractivity contribution in [1.29, 1.82) is 0 Å². The van der Waals surface area contributed by atoms with Crippen LogP contribution in [0, 0.1) is 13.8 Å². The molecule has 0 aliphatic rings. The highest BCUT2D eigenvalue weighted by Gasteiger charge is 2.16. The largest absolute Gasteiger partial charge is 0.383 e. The first kappa shape index (κ1) is 22.5. The molecular formula is C25H29N3O3. The molecule has 0 heterocycles. The van der Waals surface area contributed by atoms with Crippen molar-refractivity contribution in [2.45, 2.75) is 13.8 Å². The number of anilines is 2. The van der Waals surface area contributed by atoms with Crippen molar-refractivity contribution < 1.29 is 14.3 Å². The van der Waals surface area contributed by atoms with Crippen molar-refractivity contribution in [1.82, 2.24) is 4.90 Å². The molecule has 162 valence electrons. The van der Waals surface area contributed by atoms with Gasteiger partial charge in [-0.2, -0.15) is 0 Å². The molecule has 0 aliphatic carbocycles. The number of carbonyl (C=O) groups excluding carboxylic acids is 2. The van der Waals surface area contributed by atoms with Crippen LogP contribution < -0.4 is 10.6 Å². The smallest absolute Gasteiger partial charge is 0.238 e. The monoisotopic (exact) mass is 419 g/mol. The van der Waals surface area contributed by atoms with E-state index in [1.165, 1.54) is 0 Å². The fourth-order valence-corrected chi connectivity index (χ4v) is 3.44. The third-order valence-electron chi connectivity index (χ3n) is 5.29. The van der Waals surface area contributed by atoms with Crippen LogP contribution in [0.5, 0.6) is 0 Å². The number of nitrogens with zero attached hydrogens (tertiary/aromatic N) is 1. The fourth-order valence-electron chi connectivity index (χ4n) is 3.44. The van der Waals surface area contributed by atoms with E-state index in [9.17, 15) is 9.59 Å². The molecule has 0 aliphatic heterocycles. The van der Waals surface area contributed by atoms with Crippen LogP contribution in [0.2, 0.25) is 0 Å². The number of rotatable bonds is 9. The van der Waals surface area contributed by atoms with Crippen molar-refractivity contribution in [2.75, 3.05) is 44.0 Å². The molecule has 3 aromatic rings. The molecule has 6 heteroatoms. The minimum absolute atomic E-state index is 0.0901. The van der Waals surface area contributed by atoms with E-state index in [-0.39, 0.29) is 24.9 Å². The van der Waals surface area contributed by atoms with Crippen molar-refractivity contribution in [3.63, 3.8) is 0 Å². The van der Waals surface area contributed by atoms with Gasteiger partial charge in [-0.15, -0.1) is 0 Å². The highest BCUT2D eigenvalue weighted by Crippen LogP contribution is 2.23. The second kappa shape index (κ2) is 10.7. The molecule has 2 amide bonds. The third-order valence-corrected chi connectivity index (χ3v) is 5.29. The summed E-state index contributed by atoms with van der Waals surface area (Å²) in [7, 11) is 1.60. The van der Waals surface area contributed by atoms with Gasteiger partial charge in [0.05, 0.1) is 19.7 Å². The van der Waals surface area contributed by atoms with Gasteiger partial charge in [0, 0.05) is 30.4 Å². The van der Waals surface area contributed by atoms with Gasteiger partial charge in [0.15, 0.2) is 0 Å². The number of methoxy groups -OCH3 is 1. The van der Waals surface area contributed by atoms with Crippen molar-refractivity contribution >= 4 is 34.0 Å². The predicted molar refractivity (Wildman–Crippen MR) is 125 cm³/mol. The van der Waals surface area contributed by atoms with Crippen LogP contribution in [-0.4, -0.2) is 50.1 Å². The zero-order valence-corrected chi connectivity index (χ0v) is 18.3. The van der Waals surface area contributed by atoms with Crippen LogP contribution in [-0.2, 0) is 14.3 Å². The van der Waals surface area contributed by atoms with Gasteiger partial charge in [-0.3, -0.25) is 14.5 Å². The number of carbonyl (C=O) groups is 2. The normalized spacial score (nSPS) is 11.0. The first-order valence-corrected chi connectivity index (χ1v) is 10.3. The quantitative estimate of drug-likeness (QED) is 0.550. The molecule has 0 unspecified atom stereocenters. The van der Waals surface area contributed by atoms with Gasteiger partial charge in [0.25, 0.3) is 0 Å². The van der Waals surface area contributed by atoms with E-state index in [0.29, 0.717) is 13.2 Å². The van der Waals surface area contributed by atoms with Gasteiger partial charge < -0.3 is 15.4 Å². The maximum atomic E-state index is 12.7. The molecule has 3 aromatic carbocycles. The second-order valence-electron chi connectivity index (χ2n) is 7.57. The molecular weight excluding hydrogens is 390 g/mol. The Morgan fingerprint density at radius 3 is 2.19 bits per heavy atom. The van der Waals surface area contributed by atoms with Crippen LogP contribution in [0.25, 0.3) is 10.8 Å². The number of amides is 2. The zero-order chi connectivity index (χ0) is 22.2. The fraction of sp³-hybridized carbons (Fsp3) is 0.280. The lowest BCUT2D eigenvalue weighted by atomic mass is 10.1. The lowest BCUT2D eigenvalue weighted by molar-refractivity contribution is -0.120. The molecule has 6 nitrogen and oxygen atoms in total. The molecule has 0 saturated heterocycles. The lowest BCUT2D eigenvalue weighted by Crippen LogP contribution is -2.40. The summed E-state index contributed by atoms with van der Waals surface area (Å²) in [5, 5.41) is 7.97. The number of hydrogen-bond donors (Lipinski definition) is 2. The standard InChI is InChI=1S/C25H29N3O3/c1-18-8-6-12-22(19(18)2)26-24(29)16-28(14-15-31-3)17-25(30)27-23-13-7-10-20-9-4-5-11-21(20)23/h4-13H,14-17H2,1-3H3,(H,26,29)(H,27,30). The van der Waals surface area contributed by atoms with E-state index in [1.54, 1.807) is 12.0 Å². The minimum Gasteiger partial charge on any atom is -0.383 e. The first-order valence-electron chi connectivity index (χ1n) is 10.3. The summed E-state index contributed by atoms with van der Waals surface area (Å²) in [5.74, 6) is -0.338. The van der Waals surface area contributed by atoms with Crippen LogP contribution in [0.3, 0.4) is 0 Å². The number of nitrogens with one attached hydrogen (secondary N) is 2. The molecule has 3 rings (SSSR count). The maximum absolute atomic E-state index is 12.7. The molecule has 0 bridgehead atoms. The first-order chi connectivity index (χ1) is 15.0. The molecule has 0 atom stereocenters. The average molecular weight is 420 g/mol. The summed E-state index contributed by atoms with van der Waals surface area (Å²) in [5.41, 5.74) is 3.70. The van der Waals surface area contributed by atoms with E-state index in [4.69, 9.17) is 4.74 Å². The van der Waals surface area contributed by atoms with Gasteiger partial charge >= 0.3 is 0 Å². The Hall–Kier alpha value is -3.22. The number of ether oxygens (including phenoxy) is 1. The van der Waals surface area contributed by atoms with Crippen LogP contribution in [0.4, 0.5) is 11.4 Å². The minimum atomic E-state index is -0.174. The number of benzene rings is 3. The Morgan fingerprint density at radius 2 is 1.45 bits per heavy atom. The maximum Gasteiger partial charge on any atom is 0.238 e. The number of hydrogen-bond acceptors (Lipinski definition) is 4. The van der Waals surface area contributed by atoms with Crippen LogP contribution in [0.15, 0.2) is 60.7 Å². The number of aryl methyl sites for hydroxylation is 1. The van der Waals surface area contributed by atoms with Crippen LogP contribution in [0.1, 0.15) is 11.1 Å². The Labute approximate surface area is 183 Å². The Kier molecular flexibility index (Phi) is 7.76. The summed E-state index contributed by atoms with van der Waals surface area (Å²) in [6.45, 7) is 5.07. The molecule has 2 N–H and O–H groups in total. The SMILES string of the molecule is COCCN(CC(=O)Nc1cccc(C)c1C)CC(=O)Nc1cccc2ccccc12. The van der Waals surface area contributed by atoms with E-state index >= 15 is 0 Å². The topological polar surface area (TPSA) is 70.7 Å². The Balaban J connectivity index is 1.65. The van der Waals surface area contributed by atoms with Gasteiger partial charge in [-0.25, -0.2) is 0 Å². The third kappa shape index (κ3) is 6.13. The Morgan fingerprint density at radius 1 is 0.839 bits per heavy atom. The summed E-state index contributed by atoms with van der Waals surface area (Å²) in [4.78, 5) is 27.2. The van der Waals surface area contributed by atoms with Crippen LogP contribution >= 0.6 is 0 Å². The van der Waals surface area contributed by atoms with E-state index in [2.05, 4.69) is 10.6 Å². The van der Waals surface area contributed by atoms with E-state index < -0.39 is 0 Å². The van der Waals surface area contributed by atoms with E-state index in [0.717, 1.165) is 33.3 Å². The summed E-state index contributed by atoms with van der Waals surface area (Å²) >= 11 is 0. The molecule has 0 spiro atoms. The molecule has 31 heavy (non-hydrogen) atoms. The predicted octanol–water partition coefficient (Wildman–Crippen LogP) is 3.98. The highest BCUT2D eigenvalue weighted by molar-refractivity contribution is 6.03. The van der Waals surface area contributed by atoms with Gasteiger partial charge in [0.1, 0.15) is 0 Å². The summed E-state index contributed by atoms with van der Waals surface area (Å²) in [6.07, 6.45) is 0. The summed E-state index contributed by atoms with van der Waals surface area (Å²) in [6, 6.07) is 19.5. The number of fused-ring (bicyclic) bond motifs is 1. The lowest BCUT2D eigenvalue weighted by Gasteiger charge is -2.21. The van der Waals surface area contributed by atoms with Gasteiger partial charge in [-0.05, 0) is 42.5 Å². The highest BCUT2D eigenvalue weighted by atomic mass is 16.5. The van der Waals surface area contributed by atoms with Gasteiger partial charge in [-0.1, -0.05) is 48.5 Å². The average Bonchev–Trinajstić information content (AvgIpc) is 2.75. The second-order valence-corrected chi connectivity index (χ2v) is 7.57. The van der Waals surface area contributed by atoms with Crippen molar-refractivity contribution in [2.24, 2.45) is 0 Å². The molecule has 0 saturated carbocycles. The molecule has 0 aromatic heterocycles. The Bertz CT molecular complexity index is 1060. The summed E-state index contributed by atoms with van der Waals surface area (Å²) < 4.78 is 5.16. The zero-order valence-electron chi connectivity index (χ0n) is 18.3.